The standard InChI is InChI=1S/C18H29N7S.HI/c1-4-19-18(20-11-17-23-22-14(2)24(17)3)21-16-5-8-25(9-6-16)12-15-7-10-26-13-15;/h7,10,13,16H,4-6,8-9,11-12H2,1-3H3,(H2,19,20,21);1H. The zero-order valence-corrected chi connectivity index (χ0v) is 19.5. The van der Waals surface area contributed by atoms with Crippen LogP contribution in [-0.2, 0) is 20.1 Å². The van der Waals surface area contributed by atoms with Crippen LogP contribution in [0.25, 0.3) is 0 Å². The number of aryl methyl sites for hydroxylation is 1. The minimum absolute atomic E-state index is 0. The van der Waals surface area contributed by atoms with E-state index < -0.39 is 0 Å². The Labute approximate surface area is 182 Å². The number of guanidine groups is 1. The van der Waals surface area contributed by atoms with E-state index in [0.717, 1.165) is 56.6 Å². The lowest BCUT2D eigenvalue weighted by Gasteiger charge is -2.32. The molecule has 2 aromatic heterocycles. The van der Waals surface area contributed by atoms with Gasteiger partial charge in [0.2, 0.25) is 0 Å². The summed E-state index contributed by atoms with van der Waals surface area (Å²) in [5.41, 5.74) is 1.43. The maximum atomic E-state index is 4.69. The Hall–Kier alpha value is -1.20. The largest absolute Gasteiger partial charge is 0.357 e. The van der Waals surface area contributed by atoms with E-state index in [1.54, 1.807) is 11.3 Å². The Bertz CT molecular complexity index is 705. The average Bonchev–Trinajstić information content (AvgIpc) is 3.26. The lowest BCUT2D eigenvalue weighted by Crippen LogP contribution is -2.48. The number of aliphatic imine (C=N–C) groups is 1. The van der Waals surface area contributed by atoms with Crippen LogP contribution in [0.15, 0.2) is 21.8 Å². The molecule has 0 atom stereocenters. The van der Waals surface area contributed by atoms with Gasteiger partial charge < -0.3 is 15.2 Å². The van der Waals surface area contributed by atoms with Gasteiger partial charge in [-0.25, -0.2) is 4.99 Å². The van der Waals surface area contributed by atoms with Gasteiger partial charge in [0.15, 0.2) is 11.8 Å². The molecule has 3 heterocycles. The van der Waals surface area contributed by atoms with Gasteiger partial charge in [-0.15, -0.1) is 34.2 Å². The molecule has 1 aliphatic rings. The summed E-state index contributed by atoms with van der Waals surface area (Å²) >= 11 is 1.77. The van der Waals surface area contributed by atoms with Gasteiger partial charge in [-0.2, -0.15) is 11.3 Å². The predicted octanol–water partition coefficient (Wildman–Crippen LogP) is 2.52. The number of aromatic nitrogens is 3. The zero-order chi connectivity index (χ0) is 18.4. The lowest BCUT2D eigenvalue weighted by molar-refractivity contribution is 0.198. The second kappa shape index (κ2) is 11.0. The Morgan fingerprint density at radius 3 is 2.70 bits per heavy atom. The highest BCUT2D eigenvalue weighted by Crippen LogP contribution is 2.15. The predicted molar refractivity (Wildman–Crippen MR) is 122 cm³/mol. The number of piperidine rings is 1. The summed E-state index contributed by atoms with van der Waals surface area (Å²) in [4.78, 5) is 7.23. The van der Waals surface area contributed by atoms with E-state index in [-0.39, 0.29) is 24.0 Å². The molecule has 0 radical (unpaired) electrons. The number of nitrogens with zero attached hydrogens (tertiary/aromatic N) is 5. The van der Waals surface area contributed by atoms with E-state index >= 15 is 0 Å². The Balaban J connectivity index is 0.00000261. The maximum Gasteiger partial charge on any atom is 0.191 e. The fourth-order valence-electron chi connectivity index (χ4n) is 3.13. The van der Waals surface area contributed by atoms with Gasteiger partial charge in [0, 0.05) is 39.3 Å². The maximum absolute atomic E-state index is 4.69. The molecule has 0 unspecified atom stereocenters. The molecule has 2 aromatic rings. The van der Waals surface area contributed by atoms with Gasteiger partial charge in [0.25, 0.3) is 0 Å². The van der Waals surface area contributed by atoms with E-state index in [0.29, 0.717) is 12.6 Å². The molecule has 1 aliphatic heterocycles. The topological polar surface area (TPSA) is 70.4 Å². The Morgan fingerprint density at radius 2 is 2.11 bits per heavy atom. The minimum Gasteiger partial charge on any atom is -0.357 e. The first-order valence-corrected chi connectivity index (χ1v) is 10.2. The Kier molecular flexibility index (Phi) is 8.97. The van der Waals surface area contributed by atoms with Crippen molar-refractivity contribution in [3.8, 4) is 0 Å². The normalized spacial score (nSPS) is 16.2. The van der Waals surface area contributed by atoms with Gasteiger partial charge in [0.1, 0.15) is 12.4 Å². The number of likely N-dealkylation sites (tertiary alicyclic amines) is 1. The van der Waals surface area contributed by atoms with Gasteiger partial charge in [-0.3, -0.25) is 4.90 Å². The summed E-state index contributed by atoms with van der Waals surface area (Å²) in [6, 6.07) is 2.69. The third-order valence-electron chi connectivity index (χ3n) is 4.82. The number of hydrogen-bond acceptors (Lipinski definition) is 5. The summed E-state index contributed by atoms with van der Waals surface area (Å²) in [6.45, 7) is 8.73. The number of nitrogens with one attached hydrogen (secondary N) is 2. The monoisotopic (exact) mass is 503 g/mol. The molecule has 0 aliphatic carbocycles. The van der Waals surface area contributed by atoms with Crippen LogP contribution in [0.3, 0.4) is 0 Å². The summed E-state index contributed by atoms with van der Waals surface area (Å²) in [7, 11) is 1.98. The minimum atomic E-state index is 0. The lowest BCUT2D eigenvalue weighted by atomic mass is 10.0. The third kappa shape index (κ3) is 6.42. The van der Waals surface area contributed by atoms with Crippen molar-refractivity contribution in [3.63, 3.8) is 0 Å². The van der Waals surface area contributed by atoms with Crippen molar-refractivity contribution in [3.05, 3.63) is 34.0 Å². The molecular weight excluding hydrogens is 473 g/mol. The summed E-state index contributed by atoms with van der Waals surface area (Å²) in [5.74, 6) is 2.65. The van der Waals surface area contributed by atoms with Crippen LogP contribution < -0.4 is 10.6 Å². The molecule has 7 nitrogen and oxygen atoms in total. The summed E-state index contributed by atoms with van der Waals surface area (Å²) in [5, 5.41) is 19.6. The first-order chi connectivity index (χ1) is 12.7. The molecule has 0 saturated carbocycles. The molecule has 1 saturated heterocycles. The van der Waals surface area contributed by atoms with E-state index in [1.165, 1.54) is 5.56 Å². The number of halogens is 1. The molecule has 0 aromatic carbocycles. The van der Waals surface area contributed by atoms with Crippen molar-refractivity contribution in [1.29, 1.82) is 0 Å². The molecule has 0 spiro atoms. The first kappa shape index (κ1) is 22.1. The van der Waals surface area contributed by atoms with Crippen molar-refractivity contribution in [2.24, 2.45) is 12.0 Å². The van der Waals surface area contributed by atoms with Gasteiger partial charge in [-0.05, 0) is 49.1 Å². The second-order valence-corrected chi connectivity index (χ2v) is 7.52. The SMILES string of the molecule is CCNC(=NCc1nnc(C)n1C)NC1CCN(Cc2ccsc2)CC1.I. The van der Waals surface area contributed by atoms with E-state index in [2.05, 4.69) is 49.5 Å². The van der Waals surface area contributed by atoms with E-state index in [1.807, 2.05) is 18.5 Å². The van der Waals surface area contributed by atoms with Crippen LogP contribution in [0.2, 0.25) is 0 Å². The molecule has 9 heteroatoms. The van der Waals surface area contributed by atoms with E-state index in [9.17, 15) is 0 Å². The molecule has 2 N–H and O–H groups in total. The van der Waals surface area contributed by atoms with Crippen LogP contribution in [0, 0.1) is 6.92 Å². The molecule has 1 fully saturated rings. The number of hydrogen-bond donors (Lipinski definition) is 2. The smallest absolute Gasteiger partial charge is 0.191 e. The molecule has 27 heavy (non-hydrogen) atoms. The Morgan fingerprint density at radius 1 is 1.33 bits per heavy atom. The van der Waals surface area contributed by atoms with Crippen molar-refractivity contribution in [2.75, 3.05) is 19.6 Å². The van der Waals surface area contributed by atoms with Crippen LogP contribution in [0.5, 0.6) is 0 Å². The summed E-state index contributed by atoms with van der Waals surface area (Å²) < 4.78 is 1.98. The quantitative estimate of drug-likeness (QED) is 0.360. The van der Waals surface area contributed by atoms with Gasteiger partial charge in [-0.1, -0.05) is 0 Å². The van der Waals surface area contributed by atoms with Crippen LogP contribution in [0.4, 0.5) is 0 Å². The fraction of sp³-hybridized carbons (Fsp3) is 0.611. The van der Waals surface area contributed by atoms with Gasteiger partial charge in [0.05, 0.1) is 0 Å². The molecule has 150 valence electrons. The molecule has 0 amide bonds. The zero-order valence-electron chi connectivity index (χ0n) is 16.3. The number of thiophene rings is 1. The highest BCUT2D eigenvalue weighted by atomic mass is 127. The van der Waals surface area contributed by atoms with Crippen molar-refractivity contribution >= 4 is 41.3 Å². The average molecular weight is 503 g/mol. The van der Waals surface area contributed by atoms with Crippen LogP contribution >= 0.6 is 35.3 Å². The molecule has 0 bridgehead atoms. The van der Waals surface area contributed by atoms with Crippen LogP contribution in [-0.4, -0.2) is 51.3 Å². The fourth-order valence-corrected chi connectivity index (χ4v) is 3.79. The number of rotatable bonds is 6. The highest BCUT2D eigenvalue weighted by Gasteiger charge is 2.20. The van der Waals surface area contributed by atoms with Crippen molar-refractivity contribution in [1.82, 2.24) is 30.3 Å². The van der Waals surface area contributed by atoms with Crippen molar-refractivity contribution < 1.29 is 0 Å². The highest BCUT2D eigenvalue weighted by molar-refractivity contribution is 14.0. The molecule has 3 rings (SSSR count). The molecular formula is C18H30IN7S. The van der Waals surface area contributed by atoms with Crippen LogP contribution in [0.1, 0.15) is 37.0 Å². The third-order valence-corrected chi connectivity index (χ3v) is 5.55. The second-order valence-electron chi connectivity index (χ2n) is 6.74. The first-order valence-electron chi connectivity index (χ1n) is 9.29. The van der Waals surface area contributed by atoms with Crippen molar-refractivity contribution in [2.45, 2.75) is 45.8 Å². The van der Waals surface area contributed by atoms with E-state index in [4.69, 9.17) is 4.99 Å². The van der Waals surface area contributed by atoms with Gasteiger partial charge >= 0.3 is 0 Å². The summed E-state index contributed by atoms with van der Waals surface area (Å²) in [6.07, 6.45) is 2.27.